The molecule has 0 aliphatic carbocycles. The Bertz CT molecular complexity index is 658. The van der Waals surface area contributed by atoms with Crippen LogP contribution in [-0.4, -0.2) is 35.5 Å². The largest absolute Gasteiger partial charge is 0.478 e. The minimum Gasteiger partial charge on any atom is -0.478 e. The zero-order valence-electron chi connectivity index (χ0n) is 9.78. The van der Waals surface area contributed by atoms with Crippen molar-refractivity contribution in [3.05, 3.63) is 34.6 Å². The number of hydrogen-bond donors (Lipinski definition) is 1. The lowest BCUT2D eigenvalue weighted by molar-refractivity contribution is 0.0697. The number of carboxylic acids is 1. The van der Waals surface area contributed by atoms with E-state index in [4.69, 9.17) is 16.7 Å². The second-order valence-corrected chi connectivity index (χ2v) is 5.49. The lowest BCUT2D eigenvalue weighted by Crippen LogP contribution is -2.03. The Hall–Kier alpha value is -1.80. The summed E-state index contributed by atoms with van der Waals surface area (Å²) in [7, 11) is 0.145. The standard InChI is InChI=1S/C10H9ClN4O3S/c1-15-13-9(12-14-15)5-19(18)6-2-3-8(11)7(4-6)10(16)17/h2-4H,5H2,1H3,(H,16,17). The average Bonchev–Trinajstić information content (AvgIpc) is 2.74. The van der Waals surface area contributed by atoms with Crippen molar-refractivity contribution in [1.29, 1.82) is 0 Å². The molecule has 0 saturated heterocycles. The first-order valence-electron chi connectivity index (χ1n) is 5.11. The molecule has 1 heterocycles. The summed E-state index contributed by atoms with van der Waals surface area (Å²) in [6.07, 6.45) is 0. The topological polar surface area (TPSA) is 98.0 Å². The molecule has 1 aromatic carbocycles. The van der Waals surface area contributed by atoms with E-state index in [2.05, 4.69) is 15.4 Å². The van der Waals surface area contributed by atoms with Crippen LogP contribution in [0, 0.1) is 0 Å². The fourth-order valence-corrected chi connectivity index (χ4v) is 2.58. The maximum atomic E-state index is 12.1. The smallest absolute Gasteiger partial charge is 0.337 e. The number of hydrogen-bond acceptors (Lipinski definition) is 5. The van der Waals surface area contributed by atoms with Crippen molar-refractivity contribution in [2.24, 2.45) is 7.05 Å². The second-order valence-electron chi connectivity index (χ2n) is 3.63. The fraction of sp³-hybridized carbons (Fsp3) is 0.200. The number of aromatic carboxylic acids is 1. The first kappa shape index (κ1) is 13.6. The van der Waals surface area contributed by atoms with E-state index in [0.29, 0.717) is 10.7 Å². The predicted molar refractivity (Wildman–Crippen MR) is 67.3 cm³/mol. The SMILES string of the molecule is Cn1nnc(CS(=O)c2ccc(Cl)c(C(=O)O)c2)n1. The summed E-state index contributed by atoms with van der Waals surface area (Å²) in [5.74, 6) is -0.775. The molecule has 0 fully saturated rings. The van der Waals surface area contributed by atoms with Gasteiger partial charge >= 0.3 is 5.97 Å². The normalized spacial score (nSPS) is 12.3. The molecule has 19 heavy (non-hydrogen) atoms. The van der Waals surface area contributed by atoms with Crippen LogP contribution in [0.1, 0.15) is 16.2 Å². The molecule has 9 heteroatoms. The van der Waals surface area contributed by atoms with Gasteiger partial charge in [-0.05, 0) is 23.4 Å². The molecule has 0 aliphatic heterocycles. The third kappa shape index (κ3) is 3.15. The number of tetrazole rings is 1. The van der Waals surface area contributed by atoms with Gasteiger partial charge in [-0.15, -0.1) is 10.2 Å². The van der Waals surface area contributed by atoms with E-state index in [1.54, 1.807) is 7.05 Å². The molecule has 1 atom stereocenters. The van der Waals surface area contributed by atoms with Gasteiger partial charge < -0.3 is 5.11 Å². The van der Waals surface area contributed by atoms with Gasteiger partial charge in [0.05, 0.1) is 34.2 Å². The first-order chi connectivity index (χ1) is 8.97. The van der Waals surface area contributed by atoms with Gasteiger partial charge in [0.2, 0.25) is 0 Å². The number of aromatic nitrogens is 4. The molecule has 2 rings (SSSR count). The first-order valence-corrected chi connectivity index (χ1v) is 6.81. The minimum absolute atomic E-state index is 0.0640. The third-order valence-corrected chi connectivity index (χ3v) is 3.87. The highest BCUT2D eigenvalue weighted by molar-refractivity contribution is 7.84. The average molecular weight is 301 g/mol. The van der Waals surface area contributed by atoms with Crippen molar-refractivity contribution in [2.45, 2.75) is 10.6 Å². The molecular formula is C10H9ClN4O3S. The zero-order chi connectivity index (χ0) is 14.0. The van der Waals surface area contributed by atoms with Crippen LogP contribution < -0.4 is 0 Å². The summed E-state index contributed by atoms with van der Waals surface area (Å²) in [6, 6.07) is 4.21. The van der Waals surface area contributed by atoms with E-state index in [9.17, 15) is 9.00 Å². The molecule has 1 unspecified atom stereocenters. The molecule has 0 saturated carbocycles. The highest BCUT2D eigenvalue weighted by atomic mass is 35.5. The number of aryl methyl sites for hydroxylation is 1. The van der Waals surface area contributed by atoms with Gasteiger partial charge in [0.15, 0.2) is 5.82 Å². The number of carbonyl (C=O) groups is 1. The molecule has 7 nitrogen and oxygen atoms in total. The van der Waals surface area contributed by atoms with Gasteiger partial charge in [-0.25, -0.2) is 4.79 Å². The van der Waals surface area contributed by atoms with Crippen LogP contribution in [0.15, 0.2) is 23.1 Å². The number of halogens is 1. The van der Waals surface area contributed by atoms with Gasteiger partial charge in [0.25, 0.3) is 0 Å². The molecule has 100 valence electrons. The minimum atomic E-state index is -1.46. The van der Waals surface area contributed by atoms with E-state index in [1.807, 2.05) is 0 Å². The van der Waals surface area contributed by atoms with Crippen LogP contribution in [0.5, 0.6) is 0 Å². The fourth-order valence-electron chi connectivity index (χ4n) is 1.39. The highest BCUT2D eigenvalue weighted by Gasteiger charge is 2.14. The lowest BCUT2D eigenvalue weighted by Gasteiger charge is -2.03. The molecule has 2 aromatic rings. The Morgan fingerprint density at radius 2 is 2.26 bits per heavy atom. The summed E-state index contributed by atoms with van der Waals surface area (Å²) in [6.45, 7) is 0. The number of rotatable bonds is 4. The summed E-state index contributed by atoms with van der Waals surface area (Å²) in [4.78, 5) is 12.6. The number of nitrogens with zero attached hydrogens (tertiary/aromatic N) is 4. The van der Waals surface area contributed by atoms with Crippen molar-refractivity contribution in [3.63, 3.8) is 0 Å². The Balaban J connectivity index is 2.24. The number of benzene rings is 1. The second kappa shape index (κ2) is 5.45. The van der Waals surface area contributed by atoms with Crippen molar-refractivity contribution < 1.29 is 14.1 Å². The van der Waals surface area contributed by atoms with Crippen molar-refractivity contribution in [2.75, 3.05) is 0 Å². The molecule has 0 bridgehead atoms. The monoisotopic (exact) mass is 300 g/mol. The van der Waals surface area contributed by atoms with Crippen molar-refractivity contribution in [3.8, 4) is 0 Å². The Labute approximate surface area is 115 Å². The van der Waals surface area contributed by atoms with Gasteiger partial charge in [0, 0.05) is 4.90 Å². The van der Waals surface area contributed by atoms with E-state index < -0.39 is 16.8 Å². The molecule has 1 aromatic heterocycles. The Kier molecular flexibility index (Phi) is 3.91. The number of carboxylic acid groups (broad SMARTS) is 1. The quantitative estimate of drug-likeness (QED) is 0.899. The third-order valence-electron chi connectivity index (χ3n) is 2.24. The maximum Gasteiger partial charge on any atom is 0.337 e. The van der Waals surface area contributed by atoms with E-state index >= 15 is 0 Å². The van der Waals surface area contributed by atoms with Gasteiger partial charge in [0.1, 0.15) is 0 Å². The lowest BCUT2D eigenvalue weighted by atomic mass is 10.2. The van der Waals surface area contributed by atoms with E-state index in [1.165, 1.54) is 23.0 Å². The molecule has 0 amide bonds. The van der Waals surface area contributed by atoms with Crippen LogP contribution in [0.25, 0.3) is 0 Å². The molecule has 0 spiro atoms. The Morgan fingerprint density at radius 3 is 2.84 bits per heavy atom. The van der Waals surface area contributed by atoms with Gasteiger partial charge in [-0.3, -0.25) is 4.21 Å². The predicted octanol–water partition coefficient (Wildman–Crippen LogP) is 0.869. The van der Waals surface area contributed by atoms with E-state index in [0.717, 1.165) is 0 Å². The summed E-state index contributed by atoms with van der Waals surface area (Å²) in [5.41, 5.74) is -0.0837. The highest BCUT2D eigenvalue weighted by Crippen LogP contribution is 2.20. The van der Waals surface area contributed by atoms with Crippen LogP contribution in [0.3, 0.4) is 0 Å². The Morgan fingerprint density at radius 1 is 1.53 bits per heavy atom. The molecule has 0 radical (unpaired) electrons. The van der Waals surface area contributed by atoms with Crippen molar-refractivity contribution >= 4 is 28.4 Å². The van der Waals surface area contributed by atoms with Crippen LogP contribution >= 0.6 is 11.6 Å². The summed E-state index contributed by atoms with van der Waals surface area (Å²) in [5, 5.41) is 20.3. The molecule has 0 aliphatic rings. The van der Waals surface area contributed by atoms with Crippen LogP contribution in [0.4, 0.5) is 0 Å². The summed E-state index contributed by atoms with van der Waals surface area (Å²) >= 11 is 5.74. The van der Waals surface area contributed by atoms with Crippen molar-refractivity contribution in [1.82, 2.24) is 20.2 Å². The van der Waals surface area contributed by atoms with Gasteiger partial charge in [-0.2, -0.15) is 4.80 Å². The van der Waals surface area contributed by atoms with Crippen LogP contribution in [0.2, 0.25) is 5.02 Å². The molecule has 1 N–H and O–H groups in total. The summed E-state index contributed by atoms with van der Waals surface area (Å²) < 4.78 is 12.1. The molecular weight excluding hydrogens is 292 g/mol. The maximum absolute atomic E-state index is 12.1. The van der Waals surface area contributed by atoms with E-state index in [-0.39, 0.29) is 16.3 Å². The zero-order valence-corrected chi connectivity index (χ0v) is 11.4. The van der Waals surface area contributed by atoms with Gasteiger partial charge in [-0.1, -0.05) is 11.6 Å². The van der Waals surface area contributed by atoms with Crippen LogP contribution in [-0.2, 0) is 23.6 Å².